The van der Waals surface area contributed by atoms with Crippen molar-refractivity contribution in [1.82, 2.24) is 35.2 Å². The molecule has 0 saturated carbocycles. The van der Waals surface area contributed by atoms with E-state index in [1.165, 1.54) is 90.9 Å². The fourth-order valence-corrected chi connectivity index (χ4v) is 13.1. The van der Waals surface area contributed by atoms with Gasteiger partial charge in [0.05, 0.1) is 23.9 Å². The molecular formula is C87H82N14O6. The predicted molar refractivity (Wildman–Crippen MR) is 425 cm³/mol. The number of nitrogens with one attached hydrogen (secondary N) is 7. The molecule has 0 atom stereocenters. The summed E-state index contributed by atoms with van der Waals surface area (Å²) in [6.45, 7) is 16.4. The van der Waals surface area contributed by atoms with Gasteiger partial charge in [-0.2, -0.15) is 29.9 Å². The molecule has 1 amide bonds. The Morgan fingerprint density at radius 1 is 0.402 bits per heavy atom. The van der Waals surface area contributed by atoms with E-state index in [2.05, 4.69) is 327 Å². The first-order valence-corrected chi connectivity index (χ1v) is 34.8. The van der Waals surface area contributed by atoms with Crippen molar-refractivity contribution >= 4 is 81.8 Å². The number of esters is 2. The maximum absolute atomic E-state index is 10.4. The van der Waals surface area contributed by atoms with Crippen LogP contribution in [0.4, 0.5) is 57.9 Å². The number of hydrogen-bond acceptors (Lipinski definition) is 19. The highest BCUT2D eigenvalue weighted by Crippen LogP contribution is 2.58. The monoisotopic (exact) mass is 1420 g/mol. The summed E-state index contributed by atoms with van der Waals surface area (Å²) in [6, 6.07) is 86.2. The Hall–Kier alpha value is -13.7. The minimum absolute atomic E-state index is 0.0973. The number of anilines is 10. The van der Waals surface area contributed by atoms with Crippen LogP contribution in [0.1, 0.15) is 74.2 Å². The average Bonchev–Trinajstić information content (AvgIpc) is 1.55. The normalized spacial score (nSPS) is 11.8. The maximum atomic E-state index is 10.4. The van der Waals surface area contributed by atoms with Crippen molar-refractivity contribution in [2.24, 2.45) is 4.99 Å². The van der Waals surface area contributed by atoms with Crippen molar-refractivity contribution in [1.29, 1.82) is 0 Å². The summed E-state index contributed by atoms with van der Waals surface area (Å²) in [6.07, 6.45) is 3.44. The van der Waals surface area contributed by atoms with Crippen LogP contribution >= 0.6 is 0 Å². The van der Waals surface area contributed by atoms with Gasteiger partial charge in [-0.1, -0.05) is 194 Å². The van der Waals surface area contributed by atoms with Crippen molar-refractivity contribution in [3.8, 4) is 22.3 Å². The Bertz CT molecular complexity index is 4790. The molecule has 107 heavy (non-hydrogen) atoms. The lowest BCUT2D eigenvalue weighted by atomic mass is 9.67. The number of aromatic nitrogens is 6. The maximum Gasteiger partial charge on any atom is 0.330 e. The Kier molecular flexibility index (Phi) is 24.3. The Balaban J connectivity index is 0.000000168. The zero-order valence-corrected chi connectivity index (χ0v) is 60.6. The molecule has 0 radical (unpaired) electrons. The molecule has 12 aromatic rings. The third-order valence-corrected chi connectivity index (χ3v) is 17.9. The van der Waals surface area contributed by atoms with Crippen molar-refractivity contribution in [3.05, 3.63) is 335 Å². The van der Waals surface area contributed by atoms with Crippen LogP contribution in [0, 0.1) is 27.7 Å². The number of fused-ring (bicyclic) bond motifs is 6. The van der Waals surface area contributed by atoms with Gasteiger partial charge in [-0.25, -0.2) is 19.4 Å². The molecule has 2 heterocycles. The highest BCUT2D eigenvalue weighted by Gasteiger charge is 2.47. The van der Waals surface area contributed by atoms with Crippen LogP contribution in [0.5, 0.6) is 0 Å². The molecule has 0 saturated heterocycles. The smallest absolute Gasteiger partial charge is 0.330 e. The molecule has 0 aliphatic heterocycles. The van der Waals surface area contributed by atoms with Crippen LogP contribution in [0.25, 0.3) is 22.3 Å². The van der Waals surface area contributed by atoms with Gasteiger partial charge in [-0.05, 0) is 167 Å². The van der Waals surface area contributed by atoms with E-state index in [0.717, 1.165) is 46.3 Å². The van der Waals surface area contributed by atoms with Crippen LogP contribution in [0.2, 0.25) is 0 Å². The fourth-order valence-electron chi connectivity index (χ4n) is 13.1. The molecule has 2 aliphatic rings. The lowest BCUT2D eigenvalue weighted by molar-refractivity contribution is -0.138. The van der Waals surface area contributed by atoms with Crippen molar-refractivity contribution < 1.29 is 28.7 Å². The number of carbonyl (C=O) groups excluding carboxylic acids is 4. The third kappa shape index (κ3) is 17.5. The summed E-state index contributed by atoms with van der Waals surface area (Å²) < 4.78 is 9.03. The van der Waals surface area contributed by atoms with E-state index in [1.807, 2.05) is 52.2 Å². The van der Waals surface area contributed by atoms with Gasteiger partial charge in [0, 0.05) is 67.3 Å². The highest BCUT2D eigenvalue weighted by molar-refractivity contribution is 5.88. The van der Waals surface area contributed by atoms with E-state index in [-0.39, 0.29) is 25.7 Å². The number of amides is 1. The molecule has 536 valence electrons. The molecule has 0 fully saturated rings. The number of carbonyl (C=O) groups is 3. The first-order chi connectivity index (χ1) is 52.1. The van der Waals surface area contributed by atoms with E-state index in [4.69, 9.17) is 0 Å². The second kappa shape index (κ2) is 35.0. The first-order valence-electron chi connectivity index (χ1n) is 34.8. The number of hydrogen-bond donors (Lipinski definition) is 7. The molecule has 0 spiro atoms. The van der Waals surface area contributed by atoms with Gasteiger partial charge >= 0.3 is 11.9 Å². The van der Waals surface area contributed by atoms with Crippen molar-refractivity contribution in [3.63, 3.8) is 0 Å². The molecular weight excluding hydrogens is 1340 g/mol. The van der Waals surface area contributed by atoms with E-state index in [1.54, 1.807) is 0 Å². The van der Waals surface area contributed by atoms with Crippen LogP contribution in [0.3, 0.4) is 0 Å². The second-order valence-corrected chi connectivity index (χ2v) is 25.0. The van der Waals surface area contributed by atoms with E-state index in [0.29, 0.717) is 42.0 Å². The molecule has 2 aliphatic carbocycles. The second-order valence-electron chi connectivity index (χ2n) is 25.0. The predicted octanol–water partition coefficient (Wildman–Crippen LogP) is 16.7. The van der Waals surface area contributed by atoms with Gasteiger partial charge in [0.25, 0.3) is 0 Å². The summed E-state index contributed by atoms with van der Waals surface area (Å²) >= 11 is 0. The van der Waals surface area contributed by atoms with Crippen LogP contribution < -0.4 is 37.2 Å². The zero-order valence-electron chi connectivity index (χ0n) is 60.6. The van der Waals surface area contributed by atoms with Gasteiger partial charge in [0.1, 0.15) is 24.9 Å². The summed E-state index contributed by atoms with van der Waals surface area (Å²) in [5.41, 5.74) is 22.4. The summed E-state index contributed by atoms with van der Waals surface area (Å²) in [7, 11) is 3.90. The topological polar surface area (TPSA) is 261 Å². The number of rotatable bonds is 22. The van der Waals surface area contributed by atoms with Crippen molar-refractivity contribution in [2.75, 3.05) is 72.3 Å². The van der Waals surface area contributed by atoms with E-state index < -0.39 is 22.8 Å². The van der Waals surface area contributed by atoms with Crippen molar-refractivity contribution in [2.45, 2.75) is 45.4 Å². The van der Waals surface area contributed by atoms with E-state index in [9.17, 15) is 19.2 Å². The quantitative estimate of drug-likeness (QED) is 0.0109. The molecule has 20 heteroatoms. The standard InChI is InChI=1S/2C37H32N6.C7H11NO3.C6H7NO3/c2*1-24-12-18-29(19-13-24)41-35-39-25(2)40-36(43-35)42-30-22-16-27(17-23-30)37(26-14-20-28(38-3)21-15-26)33-10-6-4-8-31(33)32-9-5-7-11-34(32)37;1-3-7(10)11-5-4-8-6(2)9;1-2-6(9)10-4-3-7-5-8/h2*4-23,38H,1-3H3,(H2,39,40,41,42,43);3H,1,4-5H2,2H3,(H,8,9);2H,1,3-4H2. The van der Waals surface area contributed by atoms with Crippen LogP contribution in [0.15, 0.2) is 273 Å². The minimum Gasteiger partial charge on any atom is -0.461 e. The summed E-state index contributed by atoms with van der Waals surface area (Å²) in [4.78, 5) is 70.9. The highest BCUT2D eigenvalue weighted by atomic mass is 16.5. The average molecular weight is 1420 g/mol. The molecule has 7 N–H and O–H groups in total. The van der Waals surface area contributed by atoms with Gasteiger partial charge in [-0.3, -0.25) is 4.79 Å². The first kappa shape index (κ1) is 74.5. The molecule has 2 aromatic heterocycles. The van der Waals surface area contributed by atoms with Crippen LogP contribution in [-0.4, -0.2) is 94.2 Å². The largest absolute Gasteiger partial charge is 0.461 e. The minimum atomic E-state index is -0.513. The van der Waals surface area contributed by atoms with E-state index >= 15 is 0 Å². The fraction of sp³-hybridized carbons (Fsp3) is 0.149. The van der Waals surface area contributed by atoms with Gasteiger partial charge in [0.15, 0.2) is 0 Å². The summed E-state index contributed by atoms with van der Waals surface area (Å²) in [5.74, 6) is 2.11. The SMILES string of the molecule is C=CC(=O)OCCN=C=O.C=CC(=O)OCCNC(C)=O.CNc1ccc(C2(c3ccc(Nc4nc(C)nc(Nc5ccc(C)cc5)n4)cc3)c3ccccc3-c3ccccc32)cc1.CNc1ccc(C2(c3ccc(Nc4nc(C)nc(Nc5ccc(C)cc5)n4)cc3)c3ccccc3-c3ccccc32)cc1. The third-order valence-electron chi connectivity index (χ3n) is 17.9. The Morgan fingerprint density at radius 2 is 0.682 bits per heavy atom. The van der Waals surface area contributed by atoms with Gasteiger partial charge < -0.3 is 46.7 Å². The molecule has 10 aromatic carbocycles. The number of aliphatic imine (C=N–C) groups is 1. The number of ether oxygens (including phenoxy) is 2. The lowest BCUT2D eigenvalue weighted by Crippen LogP contribution is -2.28. The molecule has 0 bridgehead atoms. The molecule has 14 rings (SSSR count). The molecule has 0 unspecified atom stereocenters. The van der Waals surface area contributed by atoms with Gasteiger partial charge in [-0.15, -0.1) is 0 Å². The van der Waals surface area contributed by atoms with Crippen LogP contribution in [-0.2, 0) is 39.5 Å². The summed E-state index contributed by atoms with van der Waals surface area (Å²) in [5, 5.41) is 22.4. The number of benzene rings is 10. The van der Waals surface area contributed by atoms with Gasteiger partial charge in [0.2, 0.25) is 35.8 Å². The molecule has 20 nitrogen and oxygen atoms in total. The Morgan fingerprint density at radius 3 is 0.963 bits per heavy atom. The number of aryl methyl sites for hydroxylation is 4. The zero-order chi connectivity index (χ0) is 75.3. The lowest BCUT2D eigenvalue weighted by Gasteiger charge is -2.34. The Labute approximate surface area is 622 Å². The number of nitrogens with zero attached hydrogens (tertiary/aromatic N) is 7. The number of isocyanates is 1.